The summed E-state index contributed by atoms with van der Waals surface area (Å²) in [6.07, 6.45) is 2.51. The van der Waals surface area contributed by atoms with Gasteiger partial charge in [-0.15, -0.1) is 11.3 Å². The molecule has 1 heterocycles. The lowest BCUT2D eigenvalue weighted by atomic mass is 10.1. The molecule has 0 bridgehead atoms. The van der Waals surface area contributed by atoms with E-state index in [1.54, 1.807) is 11.3 Å². The highest BCUT2D eigenvalue weighted by Crippen LogP contribution is 2.44. The molecule has 1 aromatic heterocycles. The van der Waals surface area contributed by atoms with Gasteiger partial charge in [-0.2, -0.15) is 0 Å². The summed E-state index contributed by atoms with van der Waals surface area (Å²) >= 11 is 1.61. The Morgan fingerprint density at radius 1 is 1.16 bits per heavy atom. The summed E-state index contributed by atoms with van der Waals surface area (Å²) in [4.78, 5) is 2.15. The zero-order valence-corrected chi connectivity index (χ0v) is 11.4. The van der Waals surface area contributed by atoms with E-state index in [1.807, 2.05) is 13.1 Å². The average molecular weight is 279 g/mol. The maximum atomic E-state index is 13.2. The fourth-order valence-corrected chi connectivity index (χ4v) is 3.61. The highest BCUT2D eigenvalue weighted by molar-refractivity contribution is 7.15. The lowest BCUT2D eigenvalue weighted by Crippen LogP contribution is -2.16. The molecule has 1 aliphatic rings. The van der Waals surface area contributed by atoms with Crippen LogP contribution in [0.4, 0.5) is 8.78 Å². The Kier molecular flexibility index (Phi) is 3.37. The van der Waals surface area contributed by atoms with Crippen molar-refractivity contribution in [3.05, 3.63) is 46.8 Å². The third-order valence-corrected chi connectivity index (χ3v) is 4.70. The topological polar surface area (TPSA) is 12.0 Å². The molecule has 100 valence electrons. The summed E-state index contributed by atoms with van der Waals surface area (Å²) in [5.41, 5.74) is 0.611. The minimum Gasteiger partial charge on any atom is -0.312 e. The second-order valence-corrected chi connectivity index (χ2v) is 6.08. The Labute approximate surface area is 115 Å². The first-order valence-electron chi connectivity index (χ1n) is 6.41. The molecule has 2 aromatic rings. The smallest absolute Gasteiger partial charge is 0.126 e. The predicted molar refractivity (Wildman–Crippen MR) is 74.2 cm³/mol. The van der Waals surface area contributed by atoms with Gasteiger partial charge in [-0.25, -0.2) is 8.78 Å². The first kappa shape index (κ1) is 12.8. The van der Waals surface area contributed by atoms with Crippen molar-refractivity contribution < 1.29 is 8.78 Å². The summed E-state index contributed by atoms with van der Waals surface area (Å²) in [5, 5.41) is 3.33. The molecule has 1 aromatic carbocycles. The molecular weight excluding hydrogens is 264 g/mol. The third-order valence-electron chi connectivity index (χ3n) is 3.48. The molecule has 0 radical (unpaired) electrons. The van der Waals surface area contributed by atoms with E-state index in [2.05, 4.69) is 11.4 Å². The van der Waals surface area contributed by atoms with Gasteiger partial charge in [-0.1, -0.05) is 0 Å². The lowest BCUT2D eigenvalue weighted by molar-refractivity contribution is 0.537. The van der Waals surface area contributed by atoms with Gasteiger partial charge in [0.15, 0.2) is 0 Å². The number of thiophene rings is 1. The van der Waals surface area contributed by atoms with Gasteiger partial charge in [0.25, 0.3) is 0 Å². The van der Waals surface area contributed by atoms with Crippen molar-refractivity contribution in [3.8, 4) is 10.4 Å². The molecule has 1 fully saturated rings. The van der Waals surface area contributed by atoms with Crippen LogP contribution < -0.4 is 5.32 Å². The zero-order valence-electron chi connectivity index (χ0n) is 10.6. The molecule has 1 nitrogen and oxygen atoms in total. The zero-order chi connectivity index (χ0) is 13.4. The highest BCUT2D eigenvalue weighted by atomic mass is 32.1. The number of halogens is 2. The predicted octanol–water partition coefficient (Wildman–Crippen LogP) is 4.36. The van der Waals surface area contributed by atoms with E-state index < -0.39 is 11.6 Å². The maximum Gasteiger partial charge on any atom is 0.126 e. The summed E-state index contributed by atoms with van der Waals surface area (Å²) in [6, 6.07) is 8.04. The van der Waals surface area contributed by atoms with Gasteiger partial charge < -0.3 is 5.32 Å². The molecule has 0 saturated heterocycles. The molecule has 0 aliphatic heterocycles. The van der Waals surface area contributed by atoms with Crippen molar-refractivity contribution in [1.82, 2.24) is 5.32 Å². The molecule has 1 N–H and O–H groups in total. The Morgan fingerprint density at radius 2 is 1.84 bits per heavy atom. The number of benzene rings is 1. The highest BCUT2D eigenvalue weighted by Gasteiger charge is 2.32. The number of hydrogen-bond acceptors (Lipinski definition) is 2. The van der Waals surface area contributed by atoms with Gasteiger partial charge in [0.2, 0.25) is 0 Å². The van der Waals surface area contributed by atoms with Crippen LogP contribution in [0.5, 0.6) is 0 Å². The van der Waals surface area contributed by atoms with E-state index >= 15 is 0 Å². The van der Waals surface area contributed by atoms with Gasteiger partial charge >= 0.3 is 0 Å². The van der Waals surface area contributed by atoms with Crippen LogP contribution in [0.3, 0.4) is 0 Å². The van der Waals surface area contributed by atoms with Gasteiger partial charge in [0, 0.05) is 21.9 Å². The van der Waals surface area contributed by atoms with Crippen LogP contribution in [0.15, 0.2) is 30.3 Å². The number of nitrogens with one attached hydrogen (secondary N) is 1. The quantitative estimate of drug-likeness (QED) is 0.876. The molecule has 4 heteroatoms. The normalized spacial score (nSPS) is 16.6. The van der Waals surface area contributed by atoms with Gasteiger partial charge in [-0.3, -0.25) is 0 Å². The van der Waals surface area contributed by atoms with Crippen LogP contribution in [-0.2, 0) is 0 Å². The standard InChI is InChI=1S/C15H15F2NS/c1-18-15(9-2-3-9)14-5-4-13(19-14)10-6-11(16)8-12(17)7-10/h4-9,15,18H,2-3H2,1H3. The van der Waals surface area contributed by atoms with Crippen molar-refractivity contribution in [2.75, 3.05) is 7.05 Å². The largest absolute Gasteiger partial charge is 0.312 e. The van der Waals surface area contributed by atoms with Gasteiger partial charge in [0.1, 0.15) is 11.6 Å². The van der Waals surface area contributed by atoms with Crippen molar-refractivity contribution in [2.45, 2.75) is 18.9 Å². The number of hydrogen-bond donors (Lipinski definition) is 1. The Hall–Kier alpha value is -1.26. The summed E-state index contributed by atoms with van der Waals surface area (Å²) in [7, 11) is 1.96. The Morgan fingerprint density at radius 3 is 2.42 bits per heavy atom. The van der Waals surface area contributed by atoms with Crippen molar-refractivity contribution >= 4 is 11.3 Å². The Balaban J connectivity index is 1.91. The molecule has 0 spiro atoms. The van der Waals surface area contributed by atoms with Crippen LogP contribution >= 0.6 is 11.3 Å². The van der Waals surface area contributed by atoms with Gasteiger partial charge in [0.05, 0.1) is 0 Å². The summed E-state index contributed by atoms with van der Waals surface area (Å²) in [5.74, 6) is -0.352. The van der Waals surface area contributed by atoms with Crippen LogP contribution in [0, 0.1) is 17.6 Å². The second kappa shape index (κ2) is 5.02. The van der Waals surface area contributed by atoms with E-state index in [0.717, 1.165) is 10.9 Å². The SMILES string of the molecule is CNC(c1ccc(-c2cc(F)cc(F)c2)s1)C1CC1. The van der Waals surface area contributed by atoms with Crippen molar-refractivity contribution in [1.29, 1.82) is 0 Å². The minimum atomic E-state index is -0.530. The lowest BCUT2D eigenvalue weighted by Gasteiger charge is -2.12. The molecule has 1 aliphatic carbocycles. The van der Waals surface area contributed by atoms with Crippen LogP contribution in [0.1, 0.15) is 23.8 Å². The molecule has 3 rings (SSSR count). The van der Waals surface area contributed by atoms with Crippen molar-refractivity contribution in [2.24, 2.45) is 5.92 Å². The average Bonchev–Trinajstić information content (AvgIpc) is 3.06. The van der Waals surface area contributed by atoms with Crippen LogP contribution in [0.2, 0.25) is 0 Å². The fourth-order valence-electron chi connectivity index (χ4n) is 2.41. The first-order chi connectivity index (χ1) is 9.17. The molecule has 0 amide bonds. The fraction of sp³-hybridized carbons (Fsp3) is 0.333. The minimum absolute atomic E-state index is 0.372. The van der Waals surface area contributed by atoms with Crippen LogP contribution in [0.25, 0.3) is 10.4 Å². The molecule has 1 atom stereocenters. The maximum absolute atomic E-state index is 13.2. The van der Waals surface area contributed by atoms with Crippen LogP contribution in [-0.4, -0.2) is 7.05 Å². The van der Waals surface area contributed by atoms with Crippen molar-refractivity contribution in [3.63, 3.8) is 0 Å². The van der Waals surface area contributed by atoms with E-state index in [4.69, 9.17) is 0 Å². The second-order valence-electron chi connectivity index (χ2n) is 4.96. The van der Waals surface area contributed by atoms with E-state index in [1.165, 1.54) is 29.9 Å². The third kappa shape index (κ3) is 2.69. The Bertz CT molecular complexity index is 569. The molecule has 1 saturated carbocycles. The number of rotatable bonds is 4. The monoisotopic (exact) mass is 279 g/mol. The summed E-state index contributed by atoms with van der Waals surface area (Å²) < 4.78 is 26.5. The molecular formula is C15H15F2NS. The van der Waals surface area contributed by atoms with Gasteiger partial charge in [-0.05, 0) is 55.6 Å². The molecule has 19 heavy (non-hydrogen) atoms. The van der Waals surface area contributed by atoms with E-state index in [9.17, 15) is 8.78 Å². The van der Waals surface area contributed by atoms with E-state index in [0.29, 0.717) is 17.5 Å². The first-order valence-corrected chi connectivity index (χ1v) is 7.22. The summed E-state index contributed by atoms with van der Waals surface area (Å²) in [6.45, 7) is 0. The van der Waals surface area contributed by atoms with E-state index in [-0.39, 0.29) is 0 Å². The molecule has 1 unspecified atom stereocenters.